The number of rotatable bonds is 10. The molecule has 1 unspecified atom stereocenters. The summed E-state index contributed by atoms with van der Waals surface area (Å²) in [6.07, 6.45) is 2.27. The van der Waals surface area contributed by atoms with E-state index in [4.69, 9.17) is 23.7 Å². The summed E-state index contributed by atoms with van der Waals surface area (Å²) in [6.45, 7) is 2.18. The second-order valence-electron chi connectivity index (χ2n) is 6.63. The van der Waals surface area contributed by atoms with Gasteiger partial charge in [0.1, 0.15) is 19.0 Å². The van der Waals surface area contributed by atoms with Crippen LogP contribution < -0.4 is 19.5 Å². The topological polar surface area (TPSA) is 75.3 Å². The molecule has 1 N–H and O–H groups in total. The van der Waals surface area contributed by atoms with Gasteiger partial charge in [-0.15, -0.1) is 0 Å². The lowest BCUT2D eigenvalue weighted by Gasteiger charge is -2.13. The van der Waals surface area contributed by atoms with Crippen LogP contribution in [0.5, 0.6) is 17.2 Å². The van der Waals surface area contributed by atoms with Gasteiger partial charge in [0.25, 0.3) is 5.91 Å². The fourth-order valence-electron chi connectivity index (χ4n) is 2.97. The Morgan fingerprint density at radius 3 is 2.59 bits per heavy atom. The second-order valence-corrected chi connectivity index (χ2v) is 6.63. The molecule has 0 aliphatic carbocycles. The lowest BCUT2D eigenvalue weighted by molar-refractivity contribution is 0.0679. The minimum Gasteiger partial charge on any atom is -0.493 e. The number of methoxy groups -OCH3 is 2. The average Bonchev–Trinajstić information content (AvgIpc) is 3.27. The summed E-state index contributed by atoms with van der Waals surface area (Å²) in [5.41, 5.74) is 1.15. The lowest BCUT2D eigenvalue weighted by atomic mass is 10.2. The summed E-state index contributed by atoms with van der Waals surface area (Å²) in [7, 11) is 3.18. The normalized spacial score (nSPS) is 15.7. The van der Waals surface area contributed by atoms with Crippen molar-refractivity contribution in [2.45, 2.75) is 18.9 Å². The van der Waals surface area contributed by atoms with E-state index < -0.39 is 0 Å². The summed E-state index contributed by atoms with van der Waals surface area (Å²) >= 11 is 0. The number of hydrogen-bond acceptors (Lipinski definition) is 6. The van der Waals surface area contributed by atoms with Gasteiger partial charge in [-0.2, -0.15) is 0 Å². The van der Waals surface area contributed by atoms with Crippen molar-refractivity contribution in [1.82, 2.24) is 0 Å². The molecule has 1 heterocycles. The molecule has 1 fully saturated rings. The van der Waals surface area contributed by atoms with Crippen molar-refractivity contribution in [2.24, 2.45) is 0 Å². The van der Waals surface area contributed by atoms with Crippen LogP contribution >= 0.6 is 0 Å². The average molecular weight is 401 g/mol. The van der Waals surface area contributed by atoms with Crippen LogP contribution in [0.1, 0.15) is 23.2 Å². The third-order valence-electron chi connectivity index (χ3n) is 4.54. The molecule has 7 heteroatoms. The second kappa shape index (κ2) is 10.7. The summed E-state index contributed by atoms with van der Waals surface area (Å²) in [5, 5.41) is 2.87. The van der Waals surface area contributed by atoms with Crippen molar-refractivity contribution >= 4 is 11.6 Å². The maximum Gasteiger partial charge on any atom is 0.255 e. The van der Waals surface area contributed by atoms with E-state index >= 15 is 0 Å². The first-order chi connectivity index (χ1) is 14.2. The quantitative estimate of drug-likeness (QED) is 0.614. The van der Waals surface area contributed by atoms with E-state index in [2.05, 4.69) is 5.32 Å². The maximum atomic E-state index is 12.6. The summed E-state index contributed by atoms with van der Waals surface area (Å²) in [6, 6.07) is 12.3. The molecule has 0 spiro atoms. The Bertz CT molecular complexity index is 786. The van der Waals surface area contributed by atoms with Gasteiger partial charge in [0.05, 0.1) is 19.8 Å². The van der Waals surface area contributed by atoms with Gasteiger partial charge in [0, 0.05) is 31.0 Å². The highest BCUT2D eigenvalue weighted by molar-refractivity contribution is 6.04. The first-order valence-electron chi connectivity index (χ1n) is 9.65. The van der Waals surface area contributed by atoms with Crippen LogP contribution in [0.3, 0.4) is 0 Å². The minimum absolute atomic E-state index is 0.161. The van der Waals surface area contributed by atoms with Crippen LogP contribution in [0.15, 0.2) is 42.5 Å². The summed E-state index contributed by atoms with van der Waals surface area (Å²) < 4.78 is 27.2. The zero-order chi connectivity index (χ0) is 20.5. The van der Waals surface area contributed by atoms with E-state index in [1.165, 1.54) is 0 Å². The fourth-order valence-corrected chi connectivity index (χ4v) is 2.97. The molecule has 0 saturated carbocycles. The SMILES string of the molecule is COCCOc1cc(NC(=O)c2ccc(OCC3CCCO3)cc2)ccc1OC. The zero-order valence-electron chi connectivity index (χ0n) is 16.8. The van der Waals surface area contributed by atoms with E-state index in [-0.39, 0.29) is 12.0 Å². The lowest BCUT2D eigenvalue weighted by Crippen LogP contribution is -2.16. The summed E-state index contributed by atoms with van der Waals surface area (Å²) in [5.74, 6) is 1.63. The van der Waals surface area contributed by atoms with Crippen molar-refractivity contribution in [1.29, 1.82) is 0 Å². The Balaban J connectivity index is 1.58. The van der Waals surface area contributed by atoms with Crippen LogP contribution in [-0.4, -0.2) is 52.7 Å². The van der Waals surface area contributed by atoms with Crippen LogP contribution in [0.4, 0.5) is 5.69 Å². The van der Waals surface area contributed by atoms with Crippen LogP contribution in [0.25, 0.3) is 0 Å². The molecule has 1 saturated heterocycles. The highest BCUT2D eigenvalue weighted by Crippen LogP contribution is 2.30. The third-order valence-corrected chi connectivity index (χ3v) is 4.54. The van der Waals surface area contributed by atoms with Crippen LogP contribution in [0, 0.1) is 0 Å². The van der Waals surface area contributed by atoms with Crippen molar-refractivity contribution in [2.75, 3.05) is 46.0 Å². The Hall–Kier alpha value is -2.77. The van der Waals surface area contributed by atoms with Gasteiger partial charge in [-0.3, -0.25) is 4.79 Å². The molecule has 1 atom stereocenters. The predicted molar refractivity (Wildman–Crippen MR) is 109 cm³/mol. The van der Waals surface area contributed by atoms with E-state index in [1.54, 1.807) is 56.7 Å². The largest absolute Gasteiger partial charge is 0.493 e. The van der Waals surface area contributed by atoms with Crippen LogP contribution in [-0.2, 0) is 9.47 Å². The molecule has 29 heavy (non-hydrogen) atoms. The van der Waals surface area contributed by atoms with Gasteiger partial charge in [-0.05, 0) is 49.2 Å². The number of anilines is 1. The van der Waals surface area contributed by atoms with Gasteiger partial charge in [-0.1, -0.05) is 0 Å². The van der Waals surface area contributed by atoms with Gasteiger partial charge in [0.2, 0.25) is 0 Å². The molecule has 0 aromatic heterocycles. The molecule has 2 aromatic rings. The standard InChI is InChI=1S/C22H27NO6/c1-25-12-13-28-21-14-17(7-10-20(21)26-2)23-22(24)16-5-8-18(9-6-16)29-15-19-4-3-11-27-19/h5-10,14,19H,3-4,11-13,15H2,1-2H3,(H,23,24). The van der Waals surface area contributed by atoms with E-state index in [9.17, 15) is 4.79 Å². The van der Waals surface area contributed by atoms with Gasteiger partial charge >= 0.3 is 0 Å². The molecule has 0 bridgehead atoms. The van der Waals surface area contributed by atoms with Crippen LogP contribution in [0.2, 0.25) is 0 Å². The molecule has 2 aromatic carbocycles. The molecule has 1 aliphatic rings. The molecule has 1 aliphatic heterocycles. The Morgan fingerprint density at radius 2 is 1.90 bits per heavy atom. The number of hydrogen-bond donors (Lipinski definition) is 1. The first kappa shape index (κ1) is 21.0. The number of ether oxygens (including phenoxy) is 5. The van der Waals surface area contributed by atoms with Crippen molar-refractivity contribution in [3.8, 4) is 17.2 Å². The first-order valence-corrected chi connectivity index (χ1v) is 9.65. The minimum atomic E-state index is -0.219. The number of carbonyl (C=O) groups is 1. The number of benzene rings is 2. The monoisotopic (exact) mass is 401 g/mol. The third kappa shape index (κ3) is 6.10. The van der Waals surface area contributed by atoms with Gasteiger partial charge in [-0.25, -0.2) is 0 Å². The number of nitrogens with one attached hydrogen (secondary N) is 1. The van der Waals surface area contributed by atoms with Crippen molar-refractivity contribution in [3.05, 3.63) is 48.0 Å². The molecule has 0 radical (unpaired) electrons. The van der Waals surface area contributed by atoms with Crippen molar-refractivity contribution in [3.63, 3.8) is 0 Å². The molecular weight excluding hydrogens is 374 g/mol. The van der Waals surface area contributed by atoms with Gasteiger partial charge in [0.15, 0.2) is 11.5 Å². The van der Waals surface area contributed by atoms with Crippen molar-refractivity contribution < 1.29 is 28.5 Å². The molecule has 7 nitrogen and oxygen atoms in total. The summed E-state index contributed by atoms with van der Waals surface area (Å²) in [4.78, 5) is 12.6. The molecular formula is C22H27NO6. The van der Waals surface area contributed by atoms with E-state index in [0.29, 0.717) is 42.6 Å². The van der Waals surface area contributed by atoms with E-state index in [0.717, 1.165) is 25.2 Å². The molecule has 3 rings (SSSR count). The Labute approximate surface area is 170 Å². The Kier molecular flexibility index (Phi) is 7.72. The van der Waals surface area contributed by atoms with E-state index in [1.807, 2.05) is 0 Å². The zero-order valence-corrected chi connectivity index (χ0v) is 16.8. The fraction of sp³-hybridized carbons (Fsp3) is 0.409. The molecule has 1 amide bonds. The number of carbonyl (C=O) groups excluding carboxylic acids is 1. The smallest absolute Gasteiger partial charge is 0.255 e. The maximum absolute atomic E-state index is 12.6. The highest BCUT2D eigenvalue weighted by Gasteiger charge is 2.16. The highest BCUT2D eigenvalue weighted by atomic mass is 16.5. The predicted octanol–water partition coefficient (Wildman–Crippen LogP) is 3.53. The van der Waals surface area contributed by atoms with Gasteiger partial charge < -0.3 is 29.0 Å². The molecule has 156 valence electrons. The number of amides is 1. The Morgan fingerprint density at radius 1 is 1.07 bits per heavy atom.